The van der Waals surface area contributed by atoms with Crippen molar-refractivity contribution in [3.63, 3.8) is 0 Å². The molecular weight excluding hydrogens is 138 g/mol. The largest absolute Gasteiger partial charge is 0.0906 e. The van der Waals surface area contributed by atoms with Crippen molar-refractivity contribution in [1.29, 1.82) is 0 Å². The summed E-state index contributed by atoms with van der Waals surface area (Å²) in [5.41, 5.74) is 8.23. The van der Waals surface area contributed by atoms with Gasteiger partial charge in [-0.25, -0.2) is 0 Å². The maximum atomic E-state index is 8.23. The Morgan fingerprint density at radius 2 is 2.00 bits per heavy atom. The molecule has 0 amide bonds. The molecule has 1 unspecified atom stereocenters. The van der Waals surface area contributed by atoms with E-state index in [1.54, 1.807) is 0 Å². The predicted molar refractivity (Wildman–Crippen MR) is 45.2 cm³/mol. The van der Waals surface area contributed by atoms with Gasteiger partial charge < -0.3 is 0 Å². The molecule has 1 rings (SSSR count). The Bertz CT molecular complexity index is 155. The average molecular weight is 153 g/mol. The lowest BCUT2D eigenvalue weighted by molar-refractivity contribution is 0.316. The first-order chi connectivity index (χ1) is 5.34. The van der Waals surface area contributed by atoms with Crippen molar-refractivity contribution >= 4 is 0 Å². The molecule has 1 fully saturated rings. The third-order valence-electron chi connectivity index (χ3n) is 2.57. The SMILES string of the molecule is CC(N=[N+]=[N-])C1CCCCC1. The van der Waals surface area contributed by atoms with Crippen LogP contribution < -0.4 is 0 Å². The maximum Gasteiger partial charge on any atom is 0.0374 e. The smallest absolute Gasteiger partial charge is 0.0374 e. The standard InChI is InChI=1S/C8H15N3/c1-7(10-11-9)8-5-3-2-4-6-8/h7-8H,2-6H2,1H3. The van der Waals surface area contributed by atoms with Crippen LogP contribution in [0.25, 0.3) is 10.4 Å². The summed E-state index contributed by atoms with van der Waals surface area (Å²) in [6.07, 6.45) is 6.49. The first-order valence-electron chi connectivity index (χ1n) is 4.39. The van der Waals surface area contributed by atoms with E-state index in [0.29, 0.717) is 5.92 Å². The Morgan fingerprint density at radius 3 is 2.55 bits per heavy atom. The number of hydrogen-bond donors (Lipinski definition) is 0. The zero-order valence-corrected chi connectivity index (χ0v) is 7.03. The Hall–Kier alpha value is -0.690. The van der Waals surface area contributed by atoms with Crippen LogP contribution >= 0.6 is 0 Å². The molecule has 0 radical (unpaired) electrons. The molecule has 0 aromatic heterocycles. The highest BCUT2D eigenvalue weighted by atomic mass is 15.1. The van der Waals surface area contributed by atoms with E-state index < -0.39 is 0 Å². The van der Waals surface area contributed by atoms with Gasteiger partial charge in [-0.1, -0.05) is 44.1 Å². The average Bonchev–Trinajstić information content (AvgIpc) is 2.07. The van der Waals surface area contributed by atoms with E-state index in [9.17, 15) is 0 Å². The molecule has 0 spiro atoms. The second-order valence-corrected chi connectivity index (χ2v) is 3.34. The molecule has 3 heteroatoms. The van der Waals surface area contributed by atoms with Crippen molar-refractivity contribution in [1.82, 2.24) is 0 Å². The van der Waals surface area contributed by atoms with Crippen LogP contribution in [0.1, 0.15) is 39.0 Å². The van der Waals surface area contributed by atoms with E-state index in [4.69, 9.17) is 5.53 Å². The van der Waals surface area contributed by atoms with Crippen LogP contribution in [0.3, 0.4) is 0 Å². The molecular formula is C8H15N3. The Labute approximate surface area is 67.4 Å². The molecule has 0 heterocycles. The number of rotatable bonds is 2. The molecule has 1 atom stereocenters. The molecule has 0 aliphatic heterocycles. The molecule has 1 saturated carbocycles. The predicted octanol–water partition coefficient (Wildman–Crippen LogP) is 3.27. The Morgan fingerprint density at radius 1 is 1.36 bits per heavy atom. The molecule has 3 nitrogen and oxygen atoms in total. The molecule has 1 aliphatic rings. The molecule has 0 bridgehead atoms. The molecule has 1 aliphatic carbocycles. The third kappa shape index (κ3) is 2.43. The van der Waals surface area contributed by atoms with E-state index in [-0.39, 0.29) is 6.04 Å². The van der Waals surface area contributed by atoms with Crippen molar-refractivity contribution in [2.75, 3.05) is 0 Å². The summed E-state index contributed by atoms with van der Waals surface area (Å²) < 4.78 is 0. The van der Waals surface area contributed by atoms with Crippen molar-refractivity contribution in [3.05, 3.63) is 10.4 Å². The van der Waals surface area contributed by atoms with Crippen LogP contribution in [0.15, 0.2) is 5.11 Å². The highest BCUT2D eigenvalue weighted by Crippen LogP contribution is 2.27. The number of nitrogens with zero attached hydrogens (tertiary/aromatic N) is 3. The van der Waals surface area contributed by atoms with Gasteiger partial charge >= 0.3 is 0 Å². The van der Waals surface area contributed by atoms with E-state index >= 15 is 0 Å². The summed E-state index contributed by atoms with van der Waals surface area (Å²) in [5.74, 6) is 0.652. The normalized spacial score (nSPS) is 22.3. The van der Waals surface area contributed by atoms with Gasteiger partial charge in [-0.3, -0.25) is 0 Å². The van der Waals surface area contributed by atoms with Crippen molar-refractivity contribution in [2.24, 2.45) is 11.0 Å². The van der Waals surface area contributed by atoms with E-state index in [1.165, 1.54) is 32.1 Å². The Balaban J connectivity index is 2.38. The fraction of sp³-hybridized carbons (Fsp3) is 1.00. The fourth-order valence-electron chi connectivity index (χ4n) is 1.79. The number of azide groups is 1. The van der Waals surface area contributed by atoms with Crippen LogP contribution in [0.5, 0.6) is 0 Å². The highest BCUT2D eigenvalue weighted by Gasteiger charge is 2.18. The van der Waals surface area contributed by atoms with E-state index in [2.05, 4.69) is 10.0 Å². The molecule has 0 saturated heterocycles. The third-order valence-corrected chi connectivity index (χ3v) is 2.57. The van der Waals surface area contributed by atoms with Gasteiger partial charge in [0, 0.05) is 11.0 Å². The van der Waals surface area contributed by atoms with E-state index in [0.717, 1.165) is 0 Å². The van der Waals surface area contributed by atoms with Crippen LogP contribution in [-0.2, 0) is 0 Å². The Kier molecular flexibility index (Phi) is 3.24. The van der Waals surface area contributed by atoms with E-state index in [1.807, 2.05) is 6.92 Å². The van der Waals surface area contributed by atoms with Crippen molar-refractivity contribution < 1.29 is 0 Å². The summed E-state index contributed by atoms with van der Waals surface area (Å²) in [4.78, 5) is 2.84. The molecule has 0 aromatic carbocycles. The van der Waals surface area contributed by atoms with Crippen LogP contribution in [0.4, 0.5) is 0 Å². The van der Waals surface area contributed by atoms with Gasteiger partial charge in [0.2, 0.25) is 0 Å². The monoisotopic (exact) mass is 153 g/mol. The van der Waals surface area contributed by atoms with Crippen molar-refractivity contribution in [3.8, 4) is 0 Å². The van der Waals surface area contributed by atoms with Gasteiger partial charge in [-0.2, -0.15) is 0 Å². The number of hydrogen-bond acceptors (Lipinski definition) is 1. The summed E-state index contributed by atoms with van der Waals surface area (Å²) in [6.45, 7) is 2.02. The lowest BCUT2D eigenvalue weighted by Crippen LogP contribution is -2.17. The summed E-state index contributed by atoms with van der Waals surface area (Å²) in [6, 6.07) is 0.209. The molecule has 0 N–H and O–H groups in total. The highest BCUT2D eigenvalue weighted by molar-refractivity contribution is 4.75. The fourth-order valence-corrected chi connectivity index (χ4v) is 1.79. The van der Waals surface area contributed by atoms with Gasteiger partial charge in [0.05, 0.1) is 0 Å². The van der Waals surface area contributed by atoms with Gasteiger partial charge in [-0.05, 0) is 11.4 Å². The first kappa shape index (κ1) is 8.41. The maximum absolute atomic E-state index is 8.23. The minimum Gasteiger partial charge on any atom is -0.0906 e. The van der Waals surface area contributed by atoms with Gasteiger partial charge in [0.15, 0.2) is 0 Å². The topological polar surface area (TPSA) is 48.8 Å². The second kappa shape index (κ2) is 4.24. The molecule has 11 heavy (non-hydrogen) atoms. The zero-order chi connectivity index (χ0) is 8.10. The van der Waals surface area contributed by atoms with Gasteiger partial charge in [0.25, 0.3) is 0 Å². The molecule has 0 aromatic rings. The zero-order valence-electron chi connectivity index (χ0n) is 7.03. The summed E-state index contributed by atoms with van der Waals surface area (Å²) >= 11 is 0. The van der Waals surface area contributed by atoms with Crippen LogP contribution in [-0.4, -0.2) is 6.04 Å². The minimum atomic E-state index is 0.209. The summed E-state index contributed by atoms with van der Waals surface area (Å²) in [5, 5.41) is 3.73. The quantitative estimate of drug-likeness (QED) is 0.332. The lowest BCUT2D eigenvalue weighted by atomic mass is 9.85. The van der Waals surface area contributed by atoms with Crippen molar-refractivity contribution in [2.45, 2.75) is 45.1 Å². The minimum absolute atomic E-state index is 0.209. The van der Waals surface area contributed by atoms with Crippen LogP contribution in [0, 0.1) is 5.92 Å². The first-order valence-corrected chi connectivity index (χ1v) is 4.39. The van der Waals surface area contributed by atoms with Crippen LogP contribution in [0.2, 0.25) is 0 Å². The summed E-state index contributed by atoms with van der Waals surface area (Å²) in [7, 11) is 0. The second-order valence-electron chi connectivity index (χ2n) is 3.34. The van der Waals surface area contributed by atoms with Gasteiger partial charge in [-0.15, -0.1) is 0 Å². The lowest BCUT2D eigenvalue weighted by Gasteiger charge is -2.24. The van der Waals surface area contributed by atoms with Gasteiger partial charge in [0.1, 0.15) is 0 Å². The molecule has 62 valence electrons.